The van der Waals surface area contributed by atoms with E-state index < -0.39 is 22.4 Å². The number of anilines is 1. The van der Waals surface area contributed by atoms with E-state index in [-0.39, 0.29) is 47.8 Å². The van der Waals surface area contributed by atoms with Gasteiger partial charge in [-0.2, -0.15) is 0 Å². The van der Waals surface area contributed by atoms with Crippen LogP contribution in [0.5, 0.6) is 17.2 Å². The number of nitrogens with zero attached hydrogens (tertiary/aromatic N) is 1. The van der Waals surface area contributed by atoms with Gasteiger partial charge in [0.1, 0.15) is 18.9 Å². The Balaban J connectivity index is 2.04. The number of carbonyl (C=O) groups is 2. The first-order chi connectivity index (χ1) is 17.2. The van der Waals surface area contributed by atoms with Gasteiger partial charge < -0.3 is 29.0 Å². The Morgan fingerprint density at radius 3 is 2.47 bits per heavy atom. The fraction of sp³-hybridized carbons (Fsp3) is 0.417. The van der Waals surface area contributed by atoms with Crippen LogP contribution in [0.1, 0.15) is 28.8 Å². The predicted molar refractivity (Wildman–Crippen MR) is 137 cm³/mol. The number of hydrogen-bond acceptors (Lipinski definition) is 7. The van der Waals surface area contributed by atoms with Crippen LogP contribution in [0.3, 0.4) is 0 Å². The fourth-order valence-corrected chi connectivity index (χ4v) is 4.02. The van der Waals surface area contributed by atoms with Crippen molar-refractivity contribution in [2.24, 2.45) is 0 Å². The number of aliphatic hydroxyl groups excluding tert-OH is 1. The van der Waals surface area contributed by atoms with Gasteiger partial charge in [0.15, 0.2) is 11.5 Å². The highest BCUT2D eigenvalue weighted by Gasteiger charge is 2.34. The van der Waals surface area contributed by atoms with Gasteiger partial charge in [0.05, 0.1) is 32.4 Å². The number of hydrogen-bond donors (Lipinski definition) is 2. The molecule has 0 bridgehead atoms. The van der Waals surface area contributed by atoms with E-state index in [1.807, 2.05) is 30.3 Å². The van der Waals surface area contributed by atoms with Crippen LogP contribution in [0, 0.1) is 0 Å². The van der Waals surface area contributed by atoms with E-state index in [0.717, 1.165) is 12.0 Å². The minimum atomic E-state index is -1.83. The van der Waals surface area contributed by atoms with Gasteiger partial charge >= 0.3 is 6.09 Å². The van der Waals surface area contributed by atoms with Gasteiger partial charge in [-0.15, -0.1) is 0 Å². The number of nitrogens with one attached hydrogen (secondary N) is 1. The minimum absolute atomic E-state index is 0.00994. The summed E-state index contributed by atoms with van der Waals surface area (Å²) in [7, 11) is 2.79. The number of rotatable bonds is 9. The topological polar surface area (TPSA) is 107 Å². The van der Waals surface area contributed by atoms with Crippen molar-refractivity contribution in [3.05, 3.63) is 47.5 Å². The number of aliphatic hydroxyl groups is 1. The molecule has 2 amide bonds. The molecule has 2 aromatic carbocycles. The maximum atomic E-state index is 13.6. The Morgan fingerprint density at radius 2 is 1.86 bits per heavy atom. The first-order valence-electron chi connectivity index (χ1n) is 11.1. The average Bonchev–Trinajstić information content (AvgIpc) is 3.35. The Kier molecular flexibility index (Phi) is 9.78. The number of methoxy groups -OCH3 is 2. The van der Waals surface area contributed by atoms with Crippen LogP contribution < -0.4 is 19.5 Å². The number of likely N-dealkylation sites (tertiary alicyclic amines) is 1. The summed E-state index contributed by atoms with van der Waals surface area (Å²) in [5.74, 6) is -0.0167. The molecule has 0 aliphatic carbocycles. The summed E-state index contributed by atoms with van der Waals surface area (Å²) in [5, 5.41) is 12.2. The van der Waals surface area contributed by atoms with E-state index in [1.54, 1.807) is 0 Å². The number of halogens is 3. The molecule has 1 fully saturated rings. The zero-order chi connectivity index (χ0) is 26.3. The van der Waals surface area contributed by atoms with Crippen LogP contribution in [-0.2, 0) is 11.3 Å². The van der Waals surface area contributed by atoms with Crippen molar-refractivity contribution in [1.82, 2.24) is 4.90 Å². The minimum Gasteiger partial charge on any atom is -0.493 e. The van der Waals surface area contributed by atoms with Gasteiger partial charge in [-0.3, -0.25) is 10.1 Å². The number of amides is 2. The highest BCUT2D eigenvalue weighted by atomic mass is 35.6. The van der Waals surface area contributed by atoms with Crippen molar-refractivity contribution in [3.8, 4) is 17.2 Å². The molecule has 3 rings (SSSR count). The lowest BCUT2D eigenvalue weighted by Crippen LogP contribution is -2.38. The van der Waals surface area contributed by atoms with Crippen molar-refractivity contribution >= 4 is 52.5 Å². The van der Waals surface area contributed by atoms with E-state index in [2.05, 4.69) is 5.32 Å². The van der Waals surface area contributed by atoms with Crippen molar-refractivity contribution in [2.45, 2.75) is 29.3 Å². The number of carbonyl (C=O) groups excluding carboxylic acids is 2. The van der Waals surface area contributed by atoms with E-state index in [0.29, 0.717) is 13.0 Å². The van der Waals surface area contributed by atoms with Gasteiger partial charge in [0.25, 0.3) is 5.91 Å². The molecule has 0 aromatic heterocycles. The predicted octanol–water partition coefficient (Wildman–Crippen LogP) is 4.80. The SMILES string of the molecule is COc1cc(C(=O)N2CCCC2CO)c(NC(=O)OCC(Cl)(Cl)Cl)c(OC)c1OCc1ccccc1. The number of alkyl halides is 3. The maximum absolute atomic E-state index is 13.6. The van der Waals surface area contributed by atoms with Gasteiger partial charge in [0, 0.05) is 6.54 Å². The highest BCUT2D eigenvalue weighted by Crippen LogP contribution is 2.46. The van der Waals surface area contributed by atoms with Crippen molar-refractivity contribution in [3.63, 3.8) is 0 Å². The molecular formula is C24H27Cl3N2O7. The molecule has 2 aromatic rings. The second kappa shape index (κ2) is 12.6. The normalized spacial score (nSPS) is 15.4. The summed E-state index contributed by atoms with van der Waals surface area (Å²) in [6, 6.07) is 10.5. The third-order valence-electron chi connectivity index (χ3n) is 5.53. The van der Waals surface area contributed by atoms with Crippen LogP contribution in [0.2, 0.25) is 0 Å². The molecule has 1 heterocycles. The third-order valence-corrected chi connectivity index (χ3v) is 5.85. The van der Waals surface area contributed by atoms with Gasteiger partial charge in [0.2, 0.25) is 9.54 Å². The fourth-order valence-electron chi connectivity index (χ4n) is 3.86. The quantitative estimate of drug-likeness (QED) is 0.424. The smallest absolute Gasteiger partial charge is 0.411 e. The monoisotopic (exact) mass is 560 g/mol. The van der Waals surface area contributed by atoms with Crippen LogP contribution in [-0.4, -0.2) is 65.8 Å². The summed E-state index contributed by atoms with van der Waals surface area (Å²) >= 11 is 17.0. The van der Waals surface area contributed by atoms with E-state index in [9.17, 15) is 14.7 Å². The Morgan fingerprint density at radius 1 is 1.14 bits per heavy atom. The summed E-state index contributed by atoms with van der Waals surface area (Å²) in [6.45, 7) is -0.109. The van der Waals surface area contributed by atoms with E-state index in [4.69, 9.17) is 53.8 Å². The van der Waals surface area contributed by atoms with Crippen molar-refractivity contribution in [2.75, 3.05) is 39.3 Å². The van der Waals surface area contributed by atoms with Gasteiger partial charge in [-0.1, -0.05) is 65.1 Å². The van der Waals surface area contributed by atoms with Crippen LogP contribution >= 0.6 is 34.8 Å². The van der Waals surface area contributed by atoms with Crippen LogP contribution in [0.15, 0.2) is 36.4 Å². The molecule has 1 aliphatic rings. The molecule has 1 unspecified atom stereocenters. The Labute approximate surface area is 224 Å². The summed E-state index contributed by atoms with van der Waals surface area (Å²) in [4.78, 5) is 27.7. The van der Waals surface area contributed by atoms with Crippen LogP contribution in [0.4, 0.5) is 10.5 Å². The zero-order valence-corrected chi connectivity index (χ0v) is 22.0. The molecule has 0 spiro atoms. The second-order valence-electron chi connectivity index (χ2n) is 7.93. The second-order valence-corrected chi connectivity index (χ2v) is 10.4. The molecule has 0 radical (unpaired) electrons. The molecule has 12 heteroatoms. The van der Waals surface area contributed by atoms with E-state index in [1.165, 1.54) is 25.2 Å². The lowest BCUT2D eigenvalue weighted by atomic mass is 10.1. The van der Waals surface area contributed by atoms with Crippen molar-refractivity contribution in [1.29, 1.82) is 0 Å². The standard InChI is InChI=1S/C24H27Cl3N2O7/c1-33-18-11-17(22(31)29-10-6-9-16(29)12-30)19(28-23(32)36-14-24(25,26)27)21(34-2)20(18)35-13-15-7-4-3-5-8-15/h3-5,7-8,11,16,30H,6,9-10,12-14H2,1-2H3,(H,28,32). The molecule has 9 nitrogen and oxygen atoms in total. The molecular weight excluding hydrogens is 535 g/mol. The first-order valence-corrected chi connectivity index (χ1v) is 12.2. The molecule has 196 valence electrons. The molecule has 1 saturated heterocycles. The average molecular weight is 562 g/mol. The van der Waals surface area contributed by atoms with Crippen LogP contribution in [0.25, 0.3) is 0 Å². The molecule has 1 aliphatic heterocycles. The van der Waals surface area contributed by atoms with Crippen molar-refractivity contribution < 1.29 is 33.6 Å². The van der Waals surface area contributed by atoms with Gasteiger partial charge in [-0.25, -0.2) is 4.79 Å². The first kappa shape index (κ1) is 28.0. The maximum Gasteiger partial charge on any atom is 0.411 e. The molecule has 2 N–H and O–H groups in total. The summed E-state index contributed by atoms with van der Waals surface area (Å²) in [5.41, 5.74) is 0.924. The summed E-state index contributed by atoms with van der Waals surface area (Å²) < 4.78 is 20.3. The number of ether oxygens (including phenoxy) is 4. The van der Waals surface area contributed by atoms with E-state index >= 15 is 0 Å². The molecule has 0 saturated carbocycles. The largest absolute Gasteiger partial charge is 0.493 e. The molecule has 1 atom stereocenters. The summed E-state index contributed by atoms with van der Waals surface area (Å²) in [6.07, 6.45) is 0.411. The third kappa shape index (κ3) is 7.00. The molecule has 36 heavy (non-hydrogen) atoms. The zero-order valence-electron chi connectivity index (χ0n) is 19.8. The van der Waals surface area contributed by atoms with Gasteiger partial charge in [-0.05, 0) is 24.5 Å². The number of benzene rings is 2. The lowest BCUT2D eigenvalue weighted by Gasteiger charge is -2.26. The lowest BCUT2D eigenvalue weighted by molar-refractivity contribution is 0.0678. The highest BCUT2D eigenvalue weighted by molar-refractivity contribution is 6.67. The Hall–Kier alpha value is -2.59. The Bertz CT molecular complexity index is 1060.